The second-order valence-electron chi connectivity index (χ2n) is 23.8. The molecule has 0 saturated carbocycles. The van der Waals surface area contributed by atoms with E-state index in [1.54, 1.807) is 28.1 Å². The fourth-order valence-corrected chi connectivity index (χ4v) is 15.6. The van der Waals surface area contributed by atoms with E-state index >= 15 is 0 Å². The summed E-state index contributed by atoms with van der Waals surface area (Å²) in [6, 6.07) is 18.7. The van der Waals surface area contributed by atoms with E-state index in [-0.39, 0.29) is 47.8 Å². The molecule has 0 spiro atoms. The van der Waals surface area contributed by atoms with Crippen molar-refractivity contribution >= 4 is 75.4 Å². The summed E-state index contributed by atoms with van der Waals surface area (Å²) in [5.74, 6) is 1.33. The summed E-state index contributed by atoms with van der Waals surface area (Å²) < 4.78 is 107. The number of nitriles is 2. The molecule has 5 aliphatic rings. The lowest BCUT2D eigenvalue weighted by Gasteiger charge is -2.39. The highest BCUT2D eigenvalue weighted by Gasteiger charge is 2.45. The molecule has 4 unspecified atom stereocenters. The van der Waals surface area contributed by atoms with Gasteiger partial charge in [-0.3, -0.25) is 14.0 Å². The van der Waals surface area contributed by atoms with E-state index in [9.17, 15) is 45.3 Å². The number of piperidine rings is 2. The first-order valence-corrected chi connectivity index (χ1v) is 33.0. The van der Waals surface area contributed by atoms with Crippen LogP contribution in [-0.2, 0) is 55.1 Å². The normalized spacial score (nSPS) is 20.6. The number of rotatable bonds is 15. The van der Waals surface area contributed by atoms with Crippen molar-refractivity contribution in [2.24, 2.45) is 0 Å². The zero-order valence-corrected chi connectivity index (χ0v) is 51.8. The SMILES string of the molecule is C=CS(=O)(=O)N1C2CCC1CN(CCn1c(C#N)cc3c(C)c(CN4CCC(Nc5ncnc6sc(CC(F)(F)F)cc56)CC4)ccc31)C2.CC(C)(C)OC(=O)N1C2CCCC1CC2.COc1ccc2c(cc(C#N)n2CCOS(C)(=O)=O)c1C. The molecule has 5 aliphatic heterocycles. The van der Waals surface area contributed by atoms with Gasteiger partial charge in [-0.15, -0.1) is 11.3 Å². The molecule has 11 rings (SSSR count). The predicted octanol–water partition coefficient (Wildman–Crippen LogP) is 10.4. The van der Waals surface area contributed by atoms with Crippen molar-refractivity contribution in [2.75, 3.05) is 58.0 Å². The van der Waals surface area contributed by atoms with Gasteiger partial charge < -0.3 is 28.8 Å². The Kier molecular flexibility index (Phi) is 19.3. The van der Waals surface area contributed by atoms with Crippen LogP contribution in [0, 0.1) is 36.5 Å². The molecule has 4 bridgehead atoms. The van der Waals surface area contributed by atoms with Crippen LogP contribution in [0.5, 0.6) is 5.75 Å². The average Bonchev–Trinajstić information content (AvgIpc) is 2.14. The second-order valence-corrected chi connectivity index (χ2v) is 28.3. The van der Waals surface area contributed by atoms with Gasteiger partial charge in [0, 0.05) is 120 Å². The van der Waals surface area contributed by atoms with Gasteiger partial charge >= 0.3 is 12.3 Å². The van der Waals surface area contributed by atoms with Gasteiger partial charge in [0.25, 0.3) is 10.1 Å². The van der Waals surface area contributed by atoms with Gasteiger partial charge in [0.2, 0.25) is 10.0 Å². The van der Waals surface area contributed by atoms with Gasteiger partial charge in [-0.25, -0.2) is 23.2 Å². The number of nitrogens with one attached hydrogen (secondary N) is 1. The van der Waals surface area contributed by atoms with Gasteiger partial charge in [-0.05, 0) is 140 Å². The molecule has 1 amide bonds. The quantitative estimate of drug-likeness (QED) is 0.0945. The fraction of sp³-hybridized carbons (Fsp3) is 0.550. The van der Waals surface area contributed by atoms with E-state index in [1.165, 1.54) is 31.2 Å². The van der Waals surface area contributed by atoms with Crippen LogP contribution in [0.4, 0.5) is 23.8 Å². The predicted molar refractivity (Wildman–Crippen MR) is 322 cm³/mol. The topological polar surface area (TPSA) is 221 Å². The number of thiophene rings is 1. The Hall–Kier alpha value is -6.32. The molecular weight excluding hydrogens is 1160 g/mol. The van der Waals surface area contributed by atoms with E-state index in [0.29, 0.717) is 59.1 Å². The Balaban J connectivity index is 0.000000195. The summed E-state index contributed by atoms with van der Waals surface area (Å²) in [6.07, 6.45) is 6.46. The monoisotopic (exact) mass is 1230 g/mol. The van der Waals surface area contributed by atoms with E-state index in [1.807, 2.05) is 50.8 Å². The van der Waals surface area contributed by atoms with Crippen molar-refractivity contribution in [1.82, 2.24) is 38.1 Å². The standard InChI is InChI=1S/C34H39F3N8O2S2.C14H16N2O4S.C12H21NO2/c1-3-49(46,47)45-25-5-6-26(45)20-43(19-25)12-13-44-27(17-38)14-29-22(2)23(4-7-31(29)44)18-42-10-8-24(9-11-42)41-32-30-15-28(16-34(35,36)37)48-33(30)40-21-39-32;1-10-12-8-11(9-15)16(6-7-20-21(3,17)18)13(12)4-5-14(10)19-2;1-12(2,3)15-11(14)13-9-5-4-6-10(13)8-7-9/h3-4,7,14-15,21,24-26H,1,5-6,8-13,16,18-20H2,2H3,(H,39,40,41);4-5,8H,6-7H2,1-3H3;9-10H,4-8H2,1-3H3. The molecule has 4 aromatic heterocycles. The second kappa shape index (κ2) is 25.9. The number of anilines is 1. The summed E-state index contributed by atoms with van der Waals surface area (Å²) >= 11 is 1.06. The third-order valence-electron chi connectivity index (χ3n) is 16.8. The highest BCUT2D eigenvalue weighted by molar-refractivity contribution is 7.92. The zero-order valence-electron chi connectivity index (χ0n) is 49.3. The highest BCUT2D eigenvalue weighted by atomic mass is 32.2. The number of halogens is 3. The molecule has 5 saturated heterocycles. The molecule has 4 atom stereocenters. The lowest BCUT2D eigenvalue weighted by Crippen LogP contribution is -2.55. The largest absolute Gasteiger partial charge is 0.496 e. The lowest BCUT2D eigenvalue weighted by molar-refractivity contribution is -0.126. The van der Waals surface area contributed by atoms with Crippen LogP contribution in [0.25, 0.3) is 32.0 Å². The molecule has 0 aliphatic carbocycles. The van der Waals surface area contributed by atoms with Crippen LogP contribution in [0.1, 0.15) is 112 Å². The molecule has 19 nitrogen and oxygen atoms in total. The van der Waals surface area contributed by atoms with E-state index in [0.717, 1.165) is 126 Å². The number of nitrogens with zero attached hydrogens (tertiary/aromatic N) is 10. The molecule has 9 heterocycles. The van der Waals surface area contributed by atoms with Crippen molar-refractivity contribution in [3.63, 3.8) is 0 Å². The number of ether oxygens (including phenoxy) is 2. The number of fused-ring (bicyclic) bond motifs is 7. The number of hydrogen-bond donors (Lipinski definition) is 1. The zero-order chi connectivity index (χ0) is 61.2. The first kappa shape index (κ1) is 63.2. The van der Waals surface area contributed by atoms with Crippen LogP contribution < -0.4 is 10.1 Å². The molecule has 85 heavy (non-hydrogen) atoms. The van der Waals surface area contributed by atoms with Crippen molar-refractivity contribution in [1.29, 1.82) is 10.5 Å². The third-order valence-corrected chi connectivity index (χ3v) is 20.1. The number of carbonyl (C=O) groups excluding carboxylic acids is 1. The molecular formula is C60H76F3N11O8S3. The Morgan fingerprint density at radius 1 is 0.800 bits per heavy atom. The molecule has 6 aromatic rings. The van der Waals surface area contributed by atoms with Gasteiger partial charge in [0.1, 0.15) is 51.9 Å². The number of piperazine rings is 1. The van der Waals surface area contributed by atoms with Gasteiger partial charge in [-0.2, -0.15) is 36.4 Å². The summed E-state index contributed by atoms with van der Waals surface area (Å²) in [5.41, 5.74) is 5.89. The molecule has 25 heteroatoms. The minimum atomic E-state index is -4.27. The van der Waals surface area contributed by atoms with Crippen LogP contribution in [0.3, 0.4) is 0 Å². The van der Waals surface area contributed by atoms with Gasteiger partial charge in [0.05, 0.1) is 31.8 Å². The van der Waals surface area contributed by atoms with Gasteiger partial charge in [-0.1, -0.05) is 12.6 Å². The number of methoxy groups -OCH3 is 1. The number of aromatic nitrogens is 4. The minimum Gasteiger partial charge on any atom is -0.496 e. The van der Waals surface area contributed by atoms with Crippen LogP contribution >= 0.6 is 11.3 Å². The van der Waals surface area contributed by atoms with E-state index in [2.05, 4.69) is 67.4 Å². The van der Waals surface area contributed by atoms with Crippen LogP contribution in [-0.4, -0.2) is 156 Å². The van der Waals surface area contributed by atoms with E-state index < -0.39 is 32.7 Å². The molecule has 0 radical (unpaired) electrons. The number of hydrogen-bond acceptors (Lipinski definition) is 16. The summed E-state index contributed by atoms with van der Waals surface area (Å²) in [4.78, 5) is 28.0. The van der Waals surface area contributed by atoms with Crippen LogP contribution in [0.2, 0.25) is 0 Å². The Bertz CT molecular complexity index is 3710. The molecule has 5 fully saturated rings. The number of benzene rings is 2. The number of aryl methyl sites for hydroxylation is 2. The Morgan fingerprint density at radius 3 is 1.98 bits per heavy atom. The molecule has 458 valence electrons. The number of amides is 1. The summed E-state index contributed by atoms with van der Waals surface area (Å²) in [5, 5.41) is 26.4. The molecule has 2 aromatic carbocycles. The number of likely N-dealkylation sites (tertiary alicyclic amines) is 2. The van der Waals surface area contributed by atoms with Crippen molar-refractivity contribution in [3.05, 3.63) is 93.7 Å². The smallest absolute Gasteiger partial charge is 0.410 e. The average molecular weight is 1230 g/mol. The van der Waals surface area contributed by atoms with Crippen molar-refractivity contribution in [3.8, 4) is 17.9 Å². The summed E-state index contributed by atoms with van der Waals surface area (Å²) in [6.45, 7) is 18.8. The van der Waals surface area contributed by atoms with Crippen LogP contribution in [0.15, 0.2) is 60.8 Å². The maximum atomic E-state index is 13.0. The molecule has 1 N–H and O–H groups in total. The summed E-state index contributed by atoms with van der Waals surface area (Å²) in [7, 11) is -5.33. The van der Waals surface area contributed by atoms with Crippen molar-refractivity contribution in [2.45, 2.75) is 160 Å². The fourth-order valence-electron chi connectivity index (χ4n) is 12.9. The first-order valence-electron chi connectivity index (χ1n) is 28.9. The van der Waals surface area contributed by atoms with E-state index in [4.69, 9.17) is 13.7 Å². The number of sulfonamides is 1. The van der Waals surface area contributed by atoms with Crippen molar-refractivity contribution < 1.29 is 48.5 Å². The first-order chi connectivity index (χ1) is 40.3. The third kappa shape index (κ3) is 14.9. The Labute approximate surface area is 500 Å². The minimum absolute atomic E-state index is 0.0115. The highest BCUT2D eigenvalue weighted by Crippen LogP contribution is 2.38. The Morgan fingerprint density at radius 2 is 1.40 bits per heavy atom. The number of alkyl halides is 3. The maximum Gasteiger partial charge on any atom is 0.410 e. The van der Waals surface area contributed by atoms with Gasteiger partial charge in [0.15, 0.2) is 0 Å². The maximum absolute atomic E-state index is 13.0. The number of carbonyl (C=O) groups is 1. The lowest BCUT2D eigenvalue weighted by atomic mass is 10.0.